The van der Waals surface area contributed by atoms with E-state index >= 15 is 0 Å². The van der Waals surface area contributed by atoms with Crippen molar-refractivity contribution in [3.8, 4) is 11.5 Å². The molecule has 7 nitrogen and oxygen atoms in total. The van der Waals surface area contributed by atoms with E-state index in [1.165, 1.54) is 18.2 Å². The van der Waals surface area contributed by atoms with Gasteiger partial charge in [-0.25, -0.2) is 13.1 Å². The second kappa shape index (κ2) is 8.32. The predicted octanol–water partition coefficient (Wildman–Crippen LogP) is 2.72. The van der Waals surface area contributed by atoms with Crippen LogP contribution in [-0.2, 0) is 19.6 Å². The van der Waals surface area contributed by atoms with Crippen molar-refractivity contribution in [1.82, 2.24) is 4.72 Å². The summed E-state index contributed by atoms with van der Waals surface area (Å²) in [5.41, 5.74) is 3.13. The highest BCUT2D eigenvalue weighted by molar-refractivity contribution is 7.89. The van der Waals surface area contributed by atoms with Gasteiger partial charge in [0.05, 0.1) is 12.5 Å². The van der Waals surface area contributed by atoms with E-state index in [1.807, 2.05) is 20.8 Å². The van der Waals surface area contributed by atoms with Crippen LogP contribution in [-0.4, -0.2) is 31.8 Å². The number of ether oxygens (including phenoxy) is 1. The van der Waals surface area contributed by atoms with Gasteiger partial charge < -0.3 is 14.6 Å². The lowest BCUT2D eigenvalue weighted by atomic mass is 10.0. The number of aryl methyl sites for hydroxylation is 2. The summed E-state index contributed by atoms with van der Waals surface area (Å²) in [5.74, 6) is -0.728. The molecule has 0 saturated heterocycles. The fourth-order valence-electron chi connectivity index (χ4n) is 2.51. The number of carbonyl (C=O) groups is 2. The quantitative estimate of drug-likeness (QED) is 0.670. The minimum absolute atomic E-state index is 0.0765. The monoisotopic (exact) mass is 391 g/mol. The van der Waals surface area contributed by atoms with E-state index < -0.39 is 28.5 Å². The molecule has 1 unspecified atom stereocenters. The molecule has 0 aliphatic carbocycles. The summed E-state index contributed by atoms with van der Waals surface area (Å²) in [6.45, 7) is 5.85. The molecule has 0 amide bonds. The summed E-state index contributed by atoms with van der Waals surface area (Å²) in [4.78, 5) is 21.6. The number of carboxylic acid groups (broad SMARTS) is 1. The van der Waals surface area contributed by atoms with Crippen LogP contribution in [0, 0.1) is 20.8 Å². The predicted molar refractivity (Wildman–Crippen MR) is 99.6 cm³/mol. The topological polar surface area (TPSA) is 110 Å². The van der Waals surface area contributed by atoms with Gasteiger partial charge in [-0.05, 0) is 61.7 Å². The average Bonchev–Trinajstić information content (AvgIpc) is 2.58. The smallest absolute Gasteiger partial charge is 0.305 e. The number of aldehydes is 1. The largest absolute Gasteiger partial charge is 0.481 e. The molecule has 0 fully saturated rings. The van der Waals surface area contributed by atoms with Gasteiger partial charge in [0, 0.05) is 0 Å². The molecular weight excluding hydrogens is 370 g/mol. The lowest BCUT2D eigenvalue weighted by Gasteiger charge is -2.16. The molecule has 8 heteroatoms. The van der Waals surface area contributed by atoms with Gasteiger partial charge in [0.2, 0.25) is 10.0 Å². The van der Waals surface area contributed by atoms with E-state index in [0.717, 1.165) is 16.7 Å². The van der Waals surface area contributed by atoms with Crippen LogP contribution in [0.2, 0.25) is 0 Å². The Kier molecular flexibility index (Phi) is 6.35. The van der Waals surface area contributed by atoms with Crippen LogP contribution in [0.25, 0.3) is 0 Å². The highest BCUT2D eigenvalue weighted by Gasteiger charge is 2.25. The number of benzene rings is 2. The van der Waals surface area contributed by atoms with E-state index in [4.69, 9.17) is 9.84 Å². The van der Waals surface area contributed by atoms with Gasteiger partial charge in [-0.3, -0.25) is 4.79 Å². The van der Waals surface area contributed by atoms with Gasteiger partial charge in [-0.1, -0.05) is 12.1 Å². The molecule has 144 valence electrons. The van der Waals surface area contributed by atoms with Crippen LogP contribution in [0.1, 0.15) is 23.1 Å². The first-order valence-electron chi connectivity index (χ1n) is 8.18. The van der Waals surface area contributed by atoms with Crippen molar-refractivity contribution >= 4 is 22.3 Å². The Morgan fingerprint density at radius 3 is 2.33 bits per heavy atom. The summed E-state index contributed by atoms with van der Waals surface area (Å²) < 4.78 is 33.2. The second-order valence-corrected chi connectivity index (χ2v) is 7.87. The second-order valence-electron chi connectivity index (χ2n) is 6.19. The number of para-hydroxylation sites is 1. The van der Waals surface area contributed by atoms with Crippen molar-refractivity contribution in [3.63, 3.8) is 0 Å². The Morgan fingerprint density at radius 2 is 1.78 bits per heavy atom. The van der Waals surface area contributed by atoms with Crippen LogP contribution in [0.3, 0.4) is 0 Å². The normalized spacial score (nSPS) is 12.4. The first-order chi connectivity index (χ1) is 12.6. The molecule has 2 N–H and O–H groups in total. The lowest BCUT2D eigenvalue weighted by Crippen LogP contribution is -2.37. The zero-order valence-electron chi connectivity index (χ0n) is 15.2. The number of rotatable bonds is 8. The van der Waals surface area contributed by atoms with Gasteiger partial charge >= 0.3 is 5.97 Å². The number of hydrogen-bond donors (Lipinski definition) is 2. The van der Waals surface area contributed by atoms with Crippen LogP contribution < -0.4 is 9.46 Å². The van der Waals surface area contributed by atoms with Gasteiger partial charge in [-0.2, -0.15) is 0 Å². The number of aliphatic carboxylic acids is 1. The average molecular weight is 391 g/mol. The number of carboxylic acids is 1. The van der Waals surface area contributed by atoms with E-state index in [1.54, 1.807) is 18.2 Å². The molecule has 0 heterocycles. The van der Waals surface area contributed by atoms with Crippen molar-refractivity contribution < 1.29 is 27.9 Å². The maximum absolute atomic E-state index is 12.6. The maximum Gasteiger partial charge on any atom is 0.305 e. The maximum atomic E-state index is 12.6. The first kappa shape index (κ1) is 20.6. The minimum atomic E-state index is -4.17. The minimum Gasteiger partial charge on any atom is -0.481 e. The standard InChI is InChI=1S/C19H21NO6S/c1-12-8-16(9-13(2)14(12)3)26-17-6-4-5-7-18(17)27(24,25)20-15(11-21)10-19(22)23/h4-9,11,15,20H,10H2,1-3H3,(H,22,23). The molecule has 2 aromatic rings. The Hall–Kier alpha value is -2.71. The summed E-state index contributed by atoms with van der Waals surface area (Å²) in [6, 6.07) is 8.19. The van der Waals surface area contributed by atoms with Crippen molar-refractivity contribution in [1.29, 1.82) is 0 Å². The molecule has 0 aromatic heterocycles. The molecule has 0 spiro atoms. The molecule has 0 aliphatic heterocycles. The lowest BCUT2D eigenvalue weighted by molar-refractivity contribution is -0.138. The van der Waals surface area contributed by atoms with E-state index in [0.29, 0.717) is 5.75 Å². The highest BCUT2D eigenvalue weighted by atomic mass is 32.2. The Balaban J connectivity index is 2.37. The molecule has 0 saturated carbocycles. The Bertz CT molecular complexity index is 945. The molecule has 2 rings (SSSR count). The van der Waals surface area contributed by atoms with E-state index in [9.17, 15) is 18.0 Å². The van der Waals surface area contributed by atoms with Crippen LogP contribution in [0.5, 0.6) is 11.5 Å². The zero-order chi connectivity index (χ0) is 20.2. The number of sulfonamides is 1. The van der Waals surface area contributed by atoms with Gasteiger partial charge in [0.15, 0.2) is 0 Å². The Morgan fingerprint density at radius 1 is 1.19 bits per heavy atom. The number of nitrogens with one attached hydrogen (secondary N) is 1. The molecule has 1 atom stereocenters. The summed E-state index contributed by atoms with van der Waals surface area (Å²) >= 11 is 0. The van der Waals surface area contributed by atoms with Gasteiger partial charge in [0.1, 0.15) is 22.7 Å². The van der Waals surface area contributed by atoms with Gasteiger partial charge in [0.25, 0.3) is 0 Å². The molecule has 0 radical (unpaired) electrons. The van der Waals surface area contributed by atoms with Crippen molar-refractivity contribution in [3.05, 3.63) is 53.1 Å². The summed E-state index contributed by atoms with van der Waals surface area (Å²) in [5, 5.41) is 8.79. The number of hydrogen-bond acceptors (Lipinski definition) is 5. The fraction of sp³-hybridized carbons (Fsp3) is 0.263. The first-order valence-corrected chi connectivity index (χ1v) is 9.66. The van der Waals surface area contributed by atoms with Gasteiger partial charge in [-0.15, -0.1) is 0 Å². The van der Waals surface area contributed by atoms with E-state index in [-0.39, 0.29) is 16.9 Å². The van der Waals surface area contributed by atoms with Crippen LogP contribution in [0.4, 0.5) is 0 Å². The molecular formula is C19H21NO6S. The van der Waals surface area contributed by atoms with Crippen LogP contribution >= 0.6 is 0 Å². The molecule has 0 bridgehead atoms. The zero-order valence-corrected chi connectivity index (χ0v) is 16.0. The third kappa shape index (κ3) is 5.15. The number of carbonyl (C=O) groups excluding carboxylic acids is 1. The summed E-state index contributed by atoms with van der Waals surface area (Å²) in [7, 11) is -4.17. The van der Waals surface area contributed by atoms with E-state index in [2.05, 4.69) is 4.72 Å². The Labute approximate surface area is 158 Å². The molecule has 0 aliphatic rings. The third-order valence-electron chi connectivity index (χ3n) is 4.13. The third-order valence-corrected chi connectivity index (χ3v) is 5.66. The molecule has 27 heavy (non-hydrogen) atoms. The van der Waals surface area contributed by atoms with Crippen LogP contribution in [0.15, 0.2) is 41.3 Å². The summed E-state index contributed by atoms with van der Waals surface area (Å²) in [6.07, 6.45) is -0.399. The van der Waals surface area contributed by atoms with Crippen molar-refractivity contribution in [2.75, 3.05) is 0 Å². The fourth-order valence-corrected chi connectivity index (χ4v) is 3.80. The van der Waals surface area contributed by atoms with Crippen molar-refractivity contribution in [2.45, 2.75) is 38.1 Å². The highest BCUT2D eigenvalue weighted by Crippen LogP contribution is 2.31. The molecule has 2 aromatic carbocycles. The van der Waals surface area contributed by atoms with Crippen molar-refractivity contribution in [2.24, 2.45) is 0 Å². The SMILES string of the molecule is Cc1cc(Oc2ccccc2S(=O)(=O)NC(C=O)CC(=O)O)cc(C)c1C.